The van der Waals surface area contributed by atoms with Crippen LogP contribution in [0.4, 0.5) is 11.4 Å². The number of nitrogens with zero attached hydrogens (tertiary/aromatic N) is 2. The largest absolute Gasteiger partial charge is 0.399 e. The van der Waals surface area contributed by atoms with Crippen molar-refractivity contribution in [3.63, 3.8) is 0 Å². The van der Waals surface area contributed by atoms with Crippen LogP contribution >= 0.6 is 0 Å². The predicted molar refractivity (Wildman–Crippen MR) is 49.3 cm³/mol. The minimum absolute atomic E-state index is 0.151. The molecule has 0 aliphatic heterocycles. The normalized spacial score (nSPS) is 8.77. The van der Waals surface area contributed by atoms with Crippen molar-refractivity contribution >= 4 is 11.4 Å². The van der Waals surface area contributed by atoms with E-state index in [4.69, 9.17) is 22.0 Å². The average molecular weight is 172 g/mol. The molecule has 0 saturated heterocycles. The first-order valence-electron chi connectivity index (χ1n) is 3.64. The van der Waals surface area contributed by atoms with Crippen molar-refractivity contribution in [1.29, 1.82) is 10.5 Å². The molecule has 0 radical (unpaired) electrons. The first kappa shape index (κ1) is 8.89. The molecule has 4 heteroatoms. The van der Waals surface area contributed by atoms with Crippen molar-refractivity contribution in [3.05, 3.63) is 23.3 Å². The molecule has 64 valence electrons. The van der Waals surface area contributed by atoms with Crippen LogP contribution < -0.4 is 11.5 Å². The highest BCUT2D eigenvalue weighted by atomic mass is 14.6. The molecular formula is C9H8N4. The molecule has 0 unspecified atom stereocenters. The summed E-state index contributed by atoms with van der Waals surface area (Å²) >= 11 is 0. The second-order valence-corrected chi connectivity index (χ2v) is 2.59. The Kier molecular flexibility index (Phi) is 2.37. The van der Waals surface area contributed by atoms with E-state index in [0.717, 1.165) is 0 Å². The molecule has 1 rings (SSSR count). The number of nitrogen functional groups attached to an aromatic ring is 2. The van der Waals surface area contributed by atoms with Crippen molar-refractivity contribution in [1.82, 2.24) is 0 Å². The van der Waals surface area contributed by atoms with E-state index in [1.807, 2.05) is 12.1 Å². The number of nitrogens with two attached hydrogens (primary N) is 2. The lowest BCUT2D eigenvalue weighted by molar-refractivity contribution is 1.25. The third-order valence-corrected chi connectivity index (χ3v) is 1.65. The zero-order chi connectivity index (χ0) is 9.84. The minimum atomic E-state index is 0.151. The highest BCUT2D eigenvalue weighted by Gasteiger charge is 2.06. The third kappa shape index (κ3) is 1.69. The van der Waals surface area contributed by atoms with E-state index in [2.05, 4.69) is 0 Å². The topological polar surface area (TPSA) is 99.6 Å². The molecule has 0 aromatic heterocycles. The van der Waals surface area contributed by atoms with Gasteiger partial charge in [-0.3, -0.25) is 0 Å². The van der Waals surface area contributed by atoms with E-state index >= 15 is 0 Å². The molecule has 0 atom stereocenters. The summed E-state index contributed by atoms with van der Waals surface area (Å²) in [6.07, 6.45) is 0.151. The van der Waals surface area contributed by atoms with E-state index in [1.165, 1.54) is 6.07 Å². The molecule has 0 spiro atoms. The smallest absolute Gasteiger partial charge is 0.102 e. The van der Waals surface area contributed by atoms with E-state index in [-0.39, 0.29) is 6.42 Å². The molecule has 0 saturated carbocycles. The van der Waals surface area contributed by atoms with Crippen LogP contribution in [0.15, 0.2) is 12.1 Å². The summed E-state index contributed by atoms with van der Waals surface area (Å²) in [5.41, 5.74) is 12.8. The van der Waals surface area contributed by atoms with Crippen LogP contribution in [0.3, 0.4) is 0 Å². The Hall–Kier alpha value is -2.20. The number of anilines is 2. The van der Waals surface area contributed by atoms with E-state index in [0.29, 0.717) is 22.5 Å². The SMILES string of the molecule is N#CCc1cc(N)cc(N)c1C#N. The van der Waals surface area contributed by atoms with Crippen molar-refractivity contribution in [2.75, 3.05) is 11.5 Å². The van der Waals surface area contributed by atoms with Crippen LogP contribution in [0.1, 0.15) is 11.1 Å². The fourth-order valence-electron chi connectivity index (χ4n) is 1.11. The molecule has 1 aromatic carbocycles. The van der Waals surface area contributed by atoms with Gasteiger partial charge in [-0.25, -0.2) is 0 Å². The van der Waals surface area contributed by atoms with Gasteiger partial charge >= 0.3 is 0 Å². The van der Waals surface area contributed by atoms with Gasteiger partial charge in [-0.05, 0) is 17.7 Å². The standard InChI is InChI=1S/C9H8N4/c10-2-1-6-3-7(12)4-9(13)8(6)5-11/h3-4H,1,12-13H2. The summed E-state index contributed by atoms with van der Waals surface area (Å²) in [5, 5.41) is 17.2. The van der Waals surface area contributed by atoms with Crippen molar-refractivity contribution in [2.45, 2.75) is 6.42 Å². The average Bonchev–Trinajstić information content (AvgIpc) is 2.04. The Labute approximate surface area is 76.0 Å². The summed E-state index contributed by atoms with van der Waals surface area (Å²) in [7, 11) is 0. The maximum Gasteiger partial charge on any atom is 0.102 e. The molecular weight excluding hydrogens is 164 g/mol. The maximum atomic E-state index is 8.74. The summed E-state index contributed by atoms with van der Waals surface area (Å²) in [5.74, 6) is 0. The molecule has 0 fully saturated rings. The lowest BCUT2D eigenvalue weighted by Gasteiger charge is -2.04. The zero-order valence-electron chi connectivity index (χ0n) is 6.91. The van der Waals surface area contributed by atoms with E-state index in [9.17, 15) is 0 Å². The molecule has 13 heavy (non-hydrogen) atoms. The van der Waals surface area contributed by atoms with Gasteiger partial charge < -0.3 is 11.5 Å². The summed E-state index contributed by atoms with van der Waals surface area (Å²) in [4.78, 5) is 0. The van der Waals surface area contributed by atoms with Gasteiger partial charge in [0.25, 0.3) is 0 Å². The zero-order valence-corrected chi connectivity index (χ0v) is 6.91. The Morgan fingerprint density at radius 2 is 1.92 bits per heavy atom. The van der Waals surface area contributed by atoms with Gasteiger partial charge in [0.1, 0.15) is 6.07 Å². The monoisotopic (exact) mass is 172 g/mol. The summed E-state index contributed by atoms with van der Waals surface area (Å²) in [6.45, 7) is 0. The number of hydrogen-bond acceptors (Lipinski definition) is 4. The van der Waals surface area contributed by atoms with Gasteiger partial charge in [-0.2, -0.15) is 10.5 Å². The third-order valence-electron chi connectivity index (χ3n) is 1.65. The Balaban J connectivity index is 3.33. The van der Waals surface area contributed by atoms with Crippen LogP contribution in [0, 0.1) is 22.7 Å². The number of benzene rings is 1. The molecule has 0 heterocycles. The molecule has 0 bridgehead atoms. The Bertz CT molecular complexity index is 409. The fourth-order valence-corrected chi connectivity index (χ4v) is 1.11. The Morgan fingerprint density at radius 1 is 1.23 bits per heavy atom. The molecule has 4 N–H and O–H groups in total. The van der Waals surface area contributed by atoms with Crippen molar-refractivity contribution in [3.8, 4) is 12.1 Å². The number of nitriles is 2. The van der Waals surface area contributed by atoms with Crippen LogP contribution in [0.5, 0.6) is 0 Å². The molecule has 4 nitrogen and oxygen atoms in total. The number of rotatable bonds is 1. The molecule has 1 aromatic rings. The minimum Gasteiger partial charge on any atom is -0.399 e. The van der Waals surface area contributed by atoms with Crippen molar-refractivity contribution in [2.24, 2.45) is 0 Å². The highest BCUT2D eigenvalue weighted by molar-refractivity contribution is 5.65. The quantitative estimate of drug-likeness (QED) is 0.611. The summed E-state index contributed by atoms with van der Waals surface area (Å²) < 4.78 is 0. The Morgan fingerprint density at radius 3 is 2.46 bits per heavy atom. The van der Waals surface area contributed by atoms with E-state index < -0.39 is 0 Å². The fraction of sp³-hybridized carbons (Fsp3) is 0.111. The van der Waals surface area contributed by atoms with Gasteiger partial charge in [0.15, 0.2) is 0 Å². The van der Waals surface area contributed by atoms with Gasteiger partial charge in [0.2, 0.25) is 0 Å². The second kappa shape index (κ2) is 3.46. The van der Waals surface area contributed by atoms with Crippen LogP contribution in [0.2, 0.25) is 0 Å². The highest BCUT2D eigenvalue weighted by Crippen LogP contribution is 2.20. The van der Waals surface area contributed by atoms with Crippen LogP contribution in [0.25, 0.3) is 0 Å². The molecule has 0 aliphatic carbocycles. The second-order valence-electron chi connectivity index (χ2n) is 2.59. The van der Waals surface area contributed by atoms with Gasteiger partial charge in [-0.15, -0.1) is 0 Å². The van der Waals surface area contributed by atoms with Crippen molar-refractivity contribution < 1.29 is 0 Å². The first-order valence-corrected chi connectivity index (χ1v) is 3.64. The molecule has 0 amide bonds. The van der Waals surface area contributed by atoms with E-state index in [1.54, 1.807) is 6.07 Å². The lowest BCUT2D eigenvalue weighted by atomic mass is 10.0. The van der Waals surface area contributed by atoms with Gasteiger partial charge in [0.05, 0.1) is 23.7 Å². The van der Waals surface area contributed by atoms with Gasteiger partial charge in [0, 0.05) is 5.69 Å². The van der Waals surface area contributed by atoms with Gasteiger partial charge in [-0.1, -0.05) is 0 Å². The molecule has 0 aliphatic rings. The maximum absolute atomic E-state index is 8.74. The van der Waals surface area contributed by atoms with Crippen LogP contribution in [-0.2, 0) is 6.42 Å². The predicted octanol–water partition coefficient (Wildman–Crippen LogP) is 0.789. The van der Waals surface area contributed by atoms with Crippen LogP contribution in [-0.4, -0.2) is 0 Å². The number of hydrogen-bond donors (Lipinski definition) is 2. The lowest BCUT2D eigenvalue weighted by Crippen LogP contribution is -1.99. The summed E-state index contributed by atoms with van der Waals surface area (Å²) in [6, 6.07) is 7.00. The first-order chi connectivity index (χ1) is 6.19.